The molecular weight excluding hydrogens is 789 g/mol. The van der Waals surface area contributed by atoms with Gasteiger partial charge in [0.05, 0.1) is 49.2 Å². The zero-order valence-corrected chi connectivity index (χ0v) is 39.6. The van der Waals surface area contributed by atoms with Gasteiger partial charge in [0, 0.05) is 53.5 Å². The van der Waals surface area contributed by atoms with E-state index in [2.05, 4.69) is 41.9 Å². The Balaban J connectivity index is 0.00000428. The van der Waals surface area contributed by atoms with Gasteiger partial charge in [-0.1, -0.05) is 104 Å². The molecule has 0 saturated carbocycles. The summed E-state index contributed by atoms with van der Waals surface area (Å²) in [4.78, 5) is 72.5. The minimum absolute atomic E-state index is 0.00188. The minimum atomic E-state index is -1.14. The molecule has 14 nitrogen and oxygen atoms in total. The standard InChI is InChI=1S/C45H70N6O8.C3H8/c1-11-30(4)41(50(8)39(53)28-47-44(55)40(29(2)3)49(7)25-23-32-19-21-34(46-6)22-20-32)37(58-9)27-38(52)51-24-15-18-36(51)42(59-10)31(5)43(54)48-35(45(56)57)26-33-16-13-12-14-17-33;1-3-2/h12-14,16-17,19-22,29-31,35-37,40-42,46H,11,15,18,23-28H2,1-10H3,(H,47,55)(H,48,54)(H,56,57);3H2,1-2H3. The Labute approximate surface area is 371 Å². The first kappa shape index (κ1) is 53.6. The van der Waals surface area contributed by atoms with Crippen LogP contribution in [-0.2, 0) is 46.3 Å². The lowest BCUT2D eigenvalue weighted by Crippen LogP contribution is -2.55. The van der Waals surface area contributed by atoms with Gasteiger partial charge in [0.15, 0.2) is 0 Å². The van der Waals surface area contributed by atoms with E-state index < -0.39 is 54.2 Å². The van der Waals surface area contributed by atoms with E-state index in [-0.39, 0.29) is 48.9 Å². The van der Waals surface area contributed by atoms with Crippen LogP contribution in [0, 0.1) is 17.8 Å². The summed E-state index contributed by atoms with van der Waals surface area (Å²) in [5.74, 6) is -3.12. The van der Waals surface area contributed by atoms with Crippen molar-refractivity contribution < 1.29 is 38.6 Å². The van der Waals surface area contributed by atoms with Gasteiger partial charge in [-0.2, -0.15) is 0 Å². The molecule has 1 fully saturated rings. The molecule has 3 rings (SSSR count). The van der Waals surface area contributed by atoms with Crippen LogP contribution in [0.25, 0.3) is 0 Å². The number of carbonyl (C=O) groups excluding carboxylic acids is 4. The van der Waals surface area contributed by atoms with Crippen LogP contribution in [-0.4, -0.2) is 141 Å². The first-order valence-electron chi connectivity index (χ1n) is 22.4. The minimum Gasteiger partial charge on any atom is -0.480 e. The van der Waals surface area contributed by atoms with Crippen molar-refractivity contribution in [3.8, 4) is 0 Å². The molecule has 8 atom stereocenters. The summed E-state index contributed by atoms with van der Waals surface area (Å²) in [5, 5.41) is 18.6. The molecule has 1 aliphatic heterocycles. The van der Waals surface area contributed by atoms with Crippen molar-refractivity contribution >= 4 is 35.3 Å². The number of carbonyl (C=O) groups is 5. The van der Waals surface area contributed by atoms with Gasteiger partial charge in [0.25, 0.3) is 0 Å². The van der Waals surface area contributed by atoms with E-state index in [0.717, 1.165) is 17.7 Å². The van der Waals surface area contributed by atoms with E-state index in [1.165, 1.54) is 26.2 Å². The van der Waals surface area contributed by atoms with Crippen LogP contribution in [0.15, 0.2) is 54.6 Å². The number of carboxylic acid groups (broad SMARTS) is 1. The molecular formula is C48H78N6O8. The highest BCUT2D eigenvalue weighted by Crippen LogP contribution is 2.29. The highest BCUT2D eigenvalue weighted by atomic mass is 16.5. The zero-order valence-electron chi connectivity index (χ0n) is 39.6. The molecule has 62 heavy (non-hydrogen) atoms. The van der Waals surface area contributed by atoms with Gasteiger partial charge in [-0.05, 0) is 61.4 Å². The number of amides is 4. The summed E-state index contributed by atoms with van der Waals surface area (Å²) >= 11 is 0. The monoisotopic (exact) mass is 867 g/mol. The van der Waals surface area contributed by atoms with Crippen molar-refractivity contribution in [2.24, 2.45) is 17.8 Å². The normalized spacial score (nSPS) is 17.1. The molecule has 0 aliphatic carbocycles. The molecule has 1 aliphatic rings. The lowest BCUT2D eigenvalue weighted by Gasteiger charge is -2.39. The average Bonchev–Trinajstić information content (AvgIpc) is 3.74. The second kappa shape index (κ2) is 27.5. The van der Waals surface area contributed by atoms with Crippen LogP contribution in [0.2, 0.25) is 0 Å². The Kier molecular flexibility index (Phi) is 23.8. The van der Waals surface area contributed by atoms with Crippen LogP contribution in [0.3, 0.4) is 0 Å². The number of nitrogens with zero attached hydrogens (tertiary/aromatic N) is 3. The summed E-state index contributed by atoms with van der Waals surface area (Å²) in [7, 11) is 8.53. The smallest absolute Gasteiger partial charge is 0.326 e. The second-order valence-corrected chi connectivity index (χ2v) is 17.0. The molecule has 2 aromatic rings. The molecule has 14 heteroatoms. The van der Waals surface area contributed by atoms with Crippen molar-refractivity contribution in [3.63, 3.8) is 0 Å². The van der Waals surface area contributed by atoms with Crippen molar-refractivity contribution in [3.05, 3.63) is 65.7 Å². The van der Waals surface area contributed by atoms with Crippen molar-refractivity contribution in [2.45, 2.75) is 130 Å². The van der Waals surface area contributed by atoms with E-state index in [4.69, 9.17) is 9.47 Å². The first-order valence-corrected chi connectivity index (χ1v) is 22.4. The summed E-state index contributed by atoms with van der Waals surface area (Å²) in [6.45, 7) is 14.9. The number of carboxylic acids is 1. The predicted molar refractivity (Wildman–Crippen MR) is 246 cm³/mol. The van der Waals surface area contributed by atoms with Gasteiger partial charge in [0.2, 0.25) is 23.6 Å². The van der Waals surface area contributed by atoms with E-state index >= 15 is 0 Å². The Hall–Kier alpha value is -4.53. The Morgan fingerprint density at radius 1 is 0.887 bits per heavy atom. The molecule has 4 N–H and O–H groups in total. The predicted octanol–water partition coefficient (Wildman–Crippen LogP) is 5.49. The van der Waals surface area contributed by atoms with Crippen LogP contribution in [0.1, 0.15) is 91.7 Å². The third-order valence-electron chi connectivity index (χ3n) is 12.0. The number of likely N-dealkylation sites (N-methyl/N-ethyl adjacent to an activating group) is 2. The molecule has 4 amide bonds. The van der Waals surface area contributed by atoms with Gasteiger partial charge in [-0.3, -0.25) is 24.1 Å². The summed E-state index contributed by atoms with van der Waals surface area (Å²) in [6.07, 6.45) is 2.82. The first-order chi connectivity index (χ1) is 29.5. The number of ether oxygens (including phenoxy) is 2. The highest BCUT2D eigenvalue weighted by molar-refractivity contribution is 5.88. The van der Waals surface area contributed by atoms with Crippen molar-refractivity contribution in [1.29, 1.82) is 0 Å². The fourth-order valence-electron chi connectivity index (χ4n) is 8.37. The number of benzene rings is 2. The molecule has 0 bridgehead atoms. The summed E-state index contributed by atoms with van der Waals surface area (Å²) in [6, 6.07) is 14.8. The van der Waals surface area contributed by atoms with Gasteiger partial charge < -0.3 is 40.3 Å². The number of methoxy groups -OCH3 is 2. The van der Waals surface area contributed by atoms with E-state index in [1.54, 1.807) is 23.8 Å². The van der Waals surface area contributed by atoms with Crippen molar-refractivity contribution in [1.82, 2.24) is 25.3 Å². The highest BCUT2D eigenvalue weighted by Gasteiger charge is 2.42. The van der Waals surface area contributed by atoms with Crippen LogP contribution >= 0.6 is 0 Å². The average molecular weight is 867 g/mol. The maximum atomic E-state index is 14.2. The molecule has 1 heterocycles. The molecule has 348 valence electrons. The maximum Gasteiger partial charge on any atom is 0.326 e. The van der Waals surface area contributed by atoms with E-state index in [1.807, 2.05) is 89.2 Å². The quantitative estimate of drug-likeness (QED) is 0.106. The molecule has 1 saturated heterocycles. The lowest BCUT2D eigenvalue weighted by molar-refractivity contribution is -0.147. The third kappa shape index (κ3) is 16.0. The maximum absolute atomic E-state index is 14.2. The van der Waals surface area contributed by atoms with Gasteiger partial charge in [-0.25, -0.2) is 4.79 Å². The number of aliphatic carboxylic acids is 1. The molecule has 0 spiro atoms. The van der Waals surface area contributed by atoms with Gasteiger partial charge >= 0.3 is 5.97 Å². The number of hydrogen-bond acceptors (Lipinski definition) is 9. The van der Waals surface area contributed by atoms with E-state index in [0.29, 0.717) is 32.4 Å². The van der Waals surface area contributed by atoms with Crippen LogP contribution in [0.4, 0.5) is 5.69 Å². The largest absolute Gasteiger partial charge is 0.480 e. The number of nitrogens with one attached hydrogen (secondary N) is 3. The number of hydrogen-bond donors (Lipinski definition) is 4. The third-order valence-corrected chi connectivity index (χ3v) is 12.0. The Morgan fingerprint density at radius 3 is 2.05 bits per heavy atom. The topological polar surface area (TPSA) is 170 Å². The fourth-order valence-corrected chi connectivity index (χ4v) is 8.37. The van der Waals surface area contributed by atoms with E-state index in [9.17, 15) is 29.1 Å². The number of likely N-dealkylation sites (tertiary alicyclic amines) is 1. The number of rotatable bonds is 24. The van der Waals surface area contributed by atoms with Crippen molar-refractivity contribution in [2.75, 3.05) is 60.3 Å². The van der Waals surface area contributed by atoms with Crippen LogP contribution < -0.4 is 16.0 Å². The molecule has 8 unspecified atom stereocenters. The second-order valence-electron chi connectivity index (χ2n) is 17.0. The number of anilines is 1. The molecule has 2 aromatic carbocycles. The van der Waals surface area contributed by atoms with Gasteiger partial charge in [-0.15, -0.1) is 0 Å². The molecule has 0 aromatic heterocycles. The summed E-state index contributed by atoms with van der Waals surface area (Å²) in [5.41, 5.74) is 2.98. The van der Waals surface area contributed by atoms with Gasteiger partial charge in [0.1, 0.15) is 6.04 Å². The fraction of sp³-hybridized carbons (Fsp3) is 0.646. The lowest BCUT2D eigenvalue weighted by atomic mass is 9.90. The Morgan fingerprint density at radius 2 is 1.52 bits per heavy atom. The Bertz CT molecular complexity index is 1660. The van der Waals surface area contributed by atoms with Crippen LogP contribution in [0.5, 0.6) is 0 Å². The zero-order chi connectivity index (χ0) is 46.5. The SMILES string of the molecule is CCC.CCC(C)C(C(CC(=O)N1CCCC1C(OC)C(C)C(=O)NC(Cc1ccccc1)C(=O)O)OC)N(C)C(=O)CNC(=O)C(C(C)C)N(C)CCc1ccc(NC)cc1. The molecule has 0 radical (unpaired) electrons. The summed E-state index contributed by atoms with van der Waals surface area (Å²) < 4.78 is 11.8.